The molecule has 3 rings (SSSR count). The lowest BCUT2D eigenvalue weighted by molar-refractivity contribution is -0.121. The summed E-state index contributed by atoms with van der Waals surface area (Å²) >= 11 is 0. The second-order valence-electron chi connectivity index (χ2n) is 5.58. The third-order valence-corrected chi connectivity index (χ3v) is 3.79. The smallest absolute Gasteiger partial charge is 0.252 e. The molecule has 0 spiro atoms. The highest BCUT2D eigenvalue weighted by atomic mass is 16.1. The number of carbonyl (C=O) groups excluding carboxylic acids is 1. The van der Waals surface area contributed by atoms with E-state index in [1.54, 1.807) is 0 Å². The molecule has 124 valence electrons. The maximum absolute atomic E-state index is 12.0. The van der Waals surface area contributed by atoms with Crippen molar-refractivity contribution in [3.8, 4) is 0 Å². The Bertz CT molecular complexity index is 912. The van der Waals surface area contributed by atoms with E-state index >= 15 is 0 Å². The number of H-pyrrole nitrogens is 2. The molecule has 2 aromatic heterocycles. The molecule has 0 saturated heterocycles. The Labute approximate surface area is 138 Å². The van der Waals surface area contributed by atoms with Crippen LogP contribution in [-0.4, -0.2) is 27.4 Å². The van der Waals surface area contributed by atoms with Crippen LogP contribution in [0.1, 0.15) is 17.8 Å². The molecule has 0 atom stereocenters. The molecule has 0 fully saturated rings. The van der Waals surface area contributed by atoms with Crippen molar-refractivity contribution >= 4 is 22.6 Å². The first-order chi connectivity index (χ1) is 11.6. The minimum Gasteiger partial charge on any atom is -0.383 e. The minimum absolute atomic E-state index is 0.0356. The summed E-state index contributed by atoms with van der Waals surface area (Å²) in [6, 6.07) is 9.24. The molecule has 0 bridgehead atoms. The number of aromatic amines is 2. The largest absolute Gasteiger partial charge is 0.383 e. The Balaban J connectivity index is 1.48. The van der Waals surface area contributed by atoms with E-state index in [1.807, 2.05) is 30.5 Å². The molecule has 7 nitrogen and oxygen atoms in total. The number of amides is 1. The number of nitrogens with two attached hydrogens (primary N) is 1. The maximum Gasteiger partial charge on any atom is 0.252 e. The van der Waals surface area contributed by atoms with Gasteiger partial charge >= 0.3 is 0 Å². The number of aryl methyl sites for hydroxylation is 1. The van der Waals surface area contributed by atoms with Gasteiger partial charge < -0.3 is 21.0 Å². The first kappa shape index (κ1) is 15.8. The number of nitrogen functional groups attached to an aromatic ring is 1. The summed E-state index contributed by atoms with van der Waals surface area (Å²) in [5.74, 6) is 0.614. The molecule has 1 amide bonds. The molecule has 2 heterocycles. The fraction of sp³-hybridized carbons (Fsp3) is 0.235. The van der Waals surface area contributed by atoms with Crippen LogP contribution in [0, 0.1) is 0 Å². The van der Waals surface area contributed by atoms with Gasteiger partial charge in [-0.25, -0.2) is 4.98 Å². The molecule has 7 heteroatoms. The SMILES string of the molecule is Nc1cc(=O)[nH]c(CCNC(=O)CCc2c[nH]c3ccccc23)n1. The highest BCUT2D eigenvalue weighted by Gasteiger charge is 2.07. The van der Waals surface area contributed by atoms with Gasteiger partial charge in [0.1, 0.15) is 11.6 Å². The lowest BCUT2D eigenvalue weighted by Gasteiger charge is -2.05. The number of benzene rings is 1. The van der Waals surface area contributed by atoms with Crippen LogP contribution in [0.5, 0.6) is 0 Å². The number of hydrogen-bond acceptors (Lipinski definition) is 4. The molecule has 0 aliphatic rings. The van der Waals surface area contributed by atoms with Crippen LogP contribution in [0.15, 0.2) is 41.3 Å². The van der Waals surface area contributed by atoms with Gasteiger partial charge in [-0.3, -0.25) is 9.59 Å². The van der Waals surface area contributed by atoms with Gasteiger partial charge in [-0.15, -0.1) is 0 Å². The predicted molar refractivity (Wildman–Crippen MR) is 92.6 cm³/mol. The van der Waals surface area contributed by atoms with Crippen molar-refractivity contribution in [2.45, 2.75) is 19.3 Å². The Morgan fingerprint density at radius 1 is 1.25 bits per heavy atom. The molecular formula is C17H19N5O2. The Hall–Kier alpha value is -3.09. The van der Waals surface area contributed by atoms with Crippen molar-refractivity contribution in [2.75, 3.05) is 12.3 Å². The van der Waals surface area contributed by atoms with Crippen LogP contribution < -0.4 is 16.6 Å². The van der Waals surface area contributed by atoms with Crippen LogP contribution in [0.2, 0.25) is 0 Å². The zero-order valence-corrected chi connectivity index (χ0v) is 13.1. The van der Waals surface area contributed by atoms with Crippen molar-refractivity contribution in [2.24, 2.45) is 0 Å². The first-order valence-electron chi connectivity index (χ1n) is 7.79. The number of anilines is 1. The summed E-state index contributed by atoms with van der Waals surface area (Å²) in [6.45, 7) is 0.402. The van der Waals surface area contributed by atoms with Crippen molar-refractivity contribution in [3.05, 3.63) is 58.3 Å². The first-order valence-corrected chi connectivity index (χ1v) is 7.79. The van der Waals surface area contributed by atoms with Crippen LogP contribution in [0.25, 0.3) is 10.9 Å². The number of fused-ring (bicyclic) bond motifs is 1. The van der Waals surface area contributed by atoms with Gasteiger partial charge in [-0.1, -0.05) is 18.2 Å². The number of carbonyl (C=O) groups is 1. The fourth-order valence-electron chi connectivity index (χ4n) is 2.64. The van der Waals surface area contributed by atoms with Crippen LogP contribution in [0.3, 0.4) is 0 Å². The van der Waals surface area contributed by atoms with E-state index in [4.69, 9.17) is 5.73 Å². The van der Waals surface area contributed by atoms with Crippen molar-refractivity contribution in [1.29, 1.82) is 0 Å². The van der Waals surface area contributed by atoms with Crippen molar-refractivity contribution in [3.63, 3.8) is 0 Å². The van der Waals surface area contributed by atoms with Gasteiger partial charge in [-0.05, 0) is 18.1 Å². The quantitative estimate of drug-likeness (QED) is 0.543. The number of nitrogens with zero attached hydrogens (tertiary/aromatic N) is 1. The zero-order valence-electron chi connectivity index (χ0n) is 13.1. The van der Waals surface area contributed by atoms with E-state index in [1.165, 1.54) is 6.07 Å². The van der Waals surface area contributed by atoms with E-state index < -0.39 is 0 Å². The van der Waals surface area contributed by atoms with Gasteiger partial charge in [0.2, 0.25) is 5.91 Å². The average molecular weight is 325 g/mol. The van der Waals surface area contributed by atoms with E-state index in [-0.39, 0.29) is 17.3 Å². The summed E-state index contributed by atoms with van der Waals surface area (Å²) in [5, 5.41) is 3.97. The predicted octanol–water partition coefficient (Wildman–Crippen LogP) is 1.12. The summed E-state index contributed by atoms with van der Waals surface area (Å²) in [7, 11) is 0. The number of aromatic nitrogens is 3. The van der Waals surface area contributed by atoms with Crippen LogP contribution in [0.4, 0.5) is 5.82 Å². The molecule has 0 saturated carbocycles. The van der Waals surface area contributed by atoms with E-state index in [0.717, 1.165) is 16.5 Å². The van der Waals surface area contributed by atoms with Gasteiger partial charge in [0.05, 0.1) is 0 Å². The molecule has 0 aliphatic carbocycles. The number of nitrogens with one attached hydrogen (secondary N) is 3. The Morgan fingerprint density at radius 2 is 2.08 bits per heavy atom. The normalized spacial score (nSPS) is 10.8. The summed E-state index contributed by atoms with van der Waals surface area (Å²) in [5.41, 5.74) is 7.43. The third kappa shape index (κ3) is 3.81. The van der Waals surface area contributed by atoms with Gasteiger partial charge in [-0.2, -0.15) is 0 Å². The topological polar surface area (TPSA) is 117 Å². The molecule has 0 radical (unpaired) electrons. The molecule has 24 heavy (non-hydrogen) atoms. The maximum atomic E-state index is 12.0. The number of hydrogen-bond donors (Lipinski definition) is 4. The fourth-order valence-corrected chi connectivity index (χ4v) is 2.64. The van der Waals surface area contributed by atoms with Gasteiger partial charge in [0.25, 0.3) is 5.56 Å². The lowest BCUT2D eigenvalue weighted by Crippen LogP contribution is -2.27. The number of para-hydroxylation sites is 1. The summed E-state index contributed by atoms with van der Waals surface area (Å²) in [6.07, 6.45) is 3.45. The third-order valence-electron chi connectivity index (χ3n) is 3.79. The van der Waals surface area contributed by atoms with E-state index in [9.17, 15) is 9.59 Å². The summed E-state index contributed by atoms with van der Waals surface area (Å²) < 4.78 is 0. The molecule has 0 unspecified atom stereocenters. The van der Waals surface area contributed by atoms with E-state index in [0.29, 0.717) is 31.6 Å². The molecular weight excluding hydrogens is 306 g/mol. The van der Waals surface area contributed by atoms with Gasteiger partial charge in [0, 0.05) is 42.6 Å². The molecule has 5 N–H and O–H groups in total. The van der Waals surface area contributed by atoms with E-state index in [2.05, 4.69) is 20.3 Å². The highest BCUT2D eigenvalue weighted by Crippen LogP contribution is 2.18. The molecule has 1 aromatic carbocycles. The second kappa shape index (κ2) is 6.99. The van der Waals surface area contributed by atoms with Gasteiger partial charge in [0.15, 0.2) is 0 Å². The monoisotopic (exact) mass is 325 g/mol. The Morgan fingerprint density at radius 3 is 2.92 bits per heavy atom. The zero-order chi connectivity index (χ0) is 16.9. The lowest BCUT2D eigenvalue weighted by atomic mass is 10.1. The molecule has 3 aromatic rings. The van der Waals surface area contributed by atoms with Crippen LogP contribution >= 0.6 is 0 Å². The standard InChI is InChI=1S/C17H19N5O2/c18-14-9-17(24)22-15(21-14)7-8-19-16(23)6-5-11-10-20-13-4-2-1-3-12(11)13/h1-4,9-10,20H,5-8H2,(H,19,23)(H3,18,21,22,24). The number of rotatable bonds is 6. The summed E-state index contributed by atoms with van der Waals surface area (Å²) in [4.78, 5) is 33.1. The second-order valence-corrected chi connectivity index (χ2v) is 5.58. The molecule has 0 aliphatic heterocycles. The van der Waals surface area contributed by atoms with Crippen LogP contribution in [-0.2, 0) is 17.6 Å². The average Bonchev–Trinajstić information content (AvgIpc) is 2.95. The van der Waals surface area contributed by atoms with Crippen molar-refractivity contribution in [1.82, 2.24) is 20.3 Å². The minimum atomic E-state index is -0.289. The Kier molecular flexibility index (Phi) is 4.60. The van der Waals surface area contributed by atoms with Crippen molar-refractivity contribution < 1.29 is 4.79 Å². The highest BCUT2D eigenvalue weighted by molar-refractivity contribution is 5.84.